The summed E-state index contributed by atoms with van der Waals surface area (Å²) in [7, 11) is 0. The van der Waals surface area contributed by atoms with E-state index >= 15 is 0 Å². The molecule has 0 spiro atoms. The highest BCUT2D eigenvalue weighted by molar-refractivity contribution is 6.05. The first-order chi connectivity index (χ1) is 14.3. The van der Waals surface area contributed by atoms with Crippen molar-refractivity contribution in [2.45, 2.75) is 12.5 Å². The minimum Gasteiger partial charge on any atom is -0.485 e. The van der Waals surface area contributed by atoms with Crippen LogP contribution in [-0.2, 0) is 0 Å². The van der Waals surface area contributed by atoms with E-state index in [1.54, 1.807) is 18.2 Å². The topological polar surface area (TPSA) is 69.2 Å². The second kappa shape index (κ2) is 7.31. The first-order valence-corrected chi connectivity index (χ1v) is 9.35. The van der Waals surface area contributed by atoms with Crippen LogP contribution in [0, 0.1) is 0 Å². The Balaban J connectivity index is 1.41. The molecule has 3 aromatic carbocycles. The van der Waals surface area contributed by atoms with Crippen LogP contribution in [0.1, 0.15) is 34.0 Å². The summed E-state index contributed by atoms with van der Waals surface area (Å²) in [6, 6.07) is 22.8. The molecule has 0 aliphatic carbocycles. The molecular formula is C23H18N2O4. The number of hydrogen-bond acceptors (Lipinski definition) is 5. The largest absolute Gasteiger partial charge is 0.485 e. The number of ether oxygens (including phenoxy) is 3. The molecule has 0 bridgehead atoms. The second-order valence-electron chi connectivity index (χ2n) is 6.78. The van der Waals surface area contributed by atoms with Gasteiger partial charge in [0.25, 0.3) is 5.91 Å². The molecule has 0 fully saturated rings. The van der Waals surface area contributed by atoms with Crippen LogP contribution < -0.4 is 19.6 Å². The number of nitrogens with zero attached hydrogens (tertiary/aromatic N) is 1. The van der Waals surface area contributed by atoms with Gasteiger partial charge in [0, 0.05) is 17.5 Å². The predicted molar refractivity (Wildman–Crippen MR) is 107 cm³/mol. The Labute approximate surface area is 167 Å². The Bertz CT molecular complexity index is 1100. The molecule has 2 aliphatic heterocycles. The monoisotopic (exact) mass is 386 g/mol. The maximum Gasteiger partial charge on any atom is 0.271 e. The highest BCUT2D eigenvalue weighted by Gasteiger charge is 2.26. The molecule has 2 aliphatic rings. The highest BCUT2D eigenvalue weighted by atomic mass is 16.7. The van der Waals surface area contributed by atoms with Crippen LogP contribution in [0.15, 0.2) is 77.9 Å². The summed E-state index contributed by atoms with van der Waals surface area (Å²) >= 11 is 0. The van der Waals surface area contributed by atoms with Gasteiger partial charge >= 0.3 is 0 Å². The van der Waals surface area contributed by atoms with Crippen LogP contribution in [0.25, 0.3) is 0 Å². The van der Waals surface area contributed by atoms with Crippen molar-refractivity contribution in [1.82, 2.24) is 5.43 Å². The number of para-hydroxylation sites is 1. The highest BCUT2D eigenvalue weighted by Crippen LogP contribution is 2.35. The van der Waals surface area contributed by atoms with Gasteiger partial charge in [-0.15, -0.1) is 0 Å². The van der Waals surface area contributed by atoms with E-state index in [2.05, 4.69) is 10.5 Å². The van der Waals surface area contributed by atoms with Gasteiger partial charge in [-0.2, -0.15) is 5.10 Å². The van der Waals surface area contributed by atoms with E-state index in [1.807, 2.05) is 54.6 Å². The third kappa shape index (κ3) is 3.40. The van der Waals surface area contributed by atoms with Crippen LogP contribution in [0.4, 0.5) is 0 Å². The summed E-state index contributed by atoms with van der Waals surface area (Å²) in [5.74, 6) is 1.64. The van der Waals surface area contributed by atoms with Crippen LogP contribution in [0.5, 0.6) is 17.2 Å². The predicted octanol–water partition coefficient (Wildman–Crippen LogP) is 4.07. The normalized spacial score (nSPS) is 18.1. The van der Waals surface area contributed by atoms with Gasteiger partial charge in [0.2, 0.25) is 6.79 Å². The summed E-state index contributed by atoms with van der Waals surface area (Å²) in [5, 5.41) is 4.44. The zero-order valence-corrected chi connectivity index (χ0v) is 15.5. The van der Waals surface area contributed by atoms with Crippen molar-refractivity contribution in [2.75, 3.05) is 6.79 Å². The number of carbonyl (C=O) groups is 1. The molecule has 6 nitrogen and oxygen atoms in total. The smallest absolute Gasteiger partial charge is 0.271 e. The van der Waals surface area contributed by atoms with E-state index in [-0.39, 0.29) is 18.8 Å². The van der Waals surface area contributed by atoms with Gasteiger partial charge in [-0.1, -0.05) is 42.5 Å². The first-order valence-electron chi connectivity index (χ1n) is 9.35. The maximum atomic E-state index is 12.6. The SMILES string of the molecule is O=C(NN=C1CC(c2ccccc2)Oc2ccccc21)c1ccc2c(c1)OCO2. The molecule has 0 radical (unpaired) electrons. The molecule has 1 atom stereocenters. The Hall–Kier alpha value is -3.80. The van der Waals surface area contributed by atoms with E-state index in [9.17, 15) is 4.79 Å². The fourth-order valence-corrected chi connectivity index (χ4v) is 3.47. The van der Waals surface area contributed by atoms with Crippen LogP contribution in [0.2, 0.25) is 0 Å². The quantitative estimate of drug-likeness (QED) is 0.689. The average molecular weight is 386 g/mol. The van der Waals surface area contributed by atoms with E-state index in [1.165, 1.54) is 0 Å². The molecule has 29 heavy (non-hydrogen) atoms. The summed E-state index contributed by atoms with van der Waals surface area (Å²) in [6.07, 6.45) is 0.398. The Morgan fingerprint density at radius 2 is 1.69 bits per heavy atom. The molecule has 1 N–H and O–H groups in total. The number of nitrogens with one attached hydrogen (secondary N) is 1. The third-order valence-electron chi connectivity index (χ3n) is 4.94. The standard InChI is InChI=1S/C23H18N2O4/c26-23(16-10-11-20-22(12-16)28-14-27-20)25-24-18-13-21(15-6-2-1-3-7-15)29-19-9-5-4-8-17(18)19/h1-12,21H,13-14H2,(H,25,26). The third-order valence-corrected chi connectivity index (χ3v) is 4.94. The van der Waals surface area contributed by atoms with Gasteiger partial charge < -0.3 is 14.2 Å². The van der Waals surface area contributed by atoms with Crippen molar-refractivity contribution in [3.63, 3.8) is 0 Å². The number of amides is 1. The summed E-state index contributed by atoms with van der Waals surface area (Å²) in [5.41, 5.74) is 5.85. The van der Waals surface area contributed by atoms with E-state index < -0.39 is 0 Å². The van der Waals surface area contributed by atoms with E-state index in [0.717, 1.165) is 22.6 Å². The number of benzene rings is 3. The molecule has 0 aromatic heterocycles. The fourth-order valence-electron chi connectivity index (χ4n) is 3.47. The molecule has 6 heteroatoms. The van der Waals surface area contributed by atoms with Gasteiger partial charge in [-0.25, -0.2) is 5.43 Å². The zero-order chi connectivity index (χ0) is 19.6. The Morgan fingerprint density at radius 1 is 0.897 bits per heavy atom. The van der Waals surface area contributed by atoms with E-state index in [4.69, 9.17) is 14.2 Å². The lowest BCUT2D eigenvalue weighted by atomic mass is 9.96. The molecule has 0 saturated heterocycles. The molecule has 5 rings (SSSR count). The average Bonchev–Trinajstić information content (AvgIpc) is 3.25. The summed E-state index contributed by atoms with van der Waals surface area (Å²) in [6.45, 7) is 0.167. The van der Waals surface area contributed by atoms with Crippen LogP contribution >= 0.6 is 0 Å². The number of rotatable bonds is 3. The van der Waals surface area contributed by atoms with Crippen LogP contribution in [0.3, 0.4) is 0 Å². The number of hydrazone groups is 1. The van der Waals surface area contributed by atoms with Gasteiger partial charge in [0.1, 0.15) is 11.9 Å². The molecule has 3 aromatic rings. The van der Waals surface area contributed by atoms with E-state index in [0.29, 0.717) is 23.5 Å². The van der Waals surface area contributed by atoms with Crippen molar-refractivity contribution >= 4 is 11.6 Å². The number of hydrogen-bond donors (Lipinski definition) is 1. The van der Waals surface area contributed by atoms with Crippen molar-refractivity contribution in [2.24, 2.45) is 5.10 Å². The van der Waals surface area contributed by atoms with Crippen molar-refractivity contribution in [3.05, 3.63) is 89.5 Å². The Morgan fingerprint density at radius 3 is 2.59 bits per heavy atom. The molecule has 1 unspecified atom stereocenters. The molecule has 144 valence electrons. The van der Waals surface area contributed by atoms with Gasteiger partial charge in [-0.3, -0.25) is 4.79 Å². The van der Waals surface area contributed by atoms with Gasteiger partial charge in [-0.05, 0) is 35.9 Å². The molecule has 1 amide bonds. The lowest BCUT2D eigenvalue weighted by Gasteiger charge is -2.27. The van der Waals surface area contributed by atoms with Crippen molar-refractivity contribution < 1.29 is 19.0 Å². The van der Waals surface area contributed by atoms with Crippen molar-refractivity contribution in [3.8, 4) is 17.2 Å². The molecule has 2 heterocycles. The summed E-state index contributed by atoms with van der Waals surface area (Å²) in [4.78, 5) is 12.6. The molecular weight excluding hydrogens is 368 g/mol. The number of carbonyl (C=O) groups excluding carboxylic acids is 1. The summed E-state index contributed by atoms with van der Waals surface area (Å²) < 4.78 is 16.8. The first kappa shape index (κ1) is 17.3. The lowest BCUT2D eigenvalue weighted by Crippen LogP contribution is -2.25. The minimum absolute atomic E-state index is 0.160. The zero-order valence-electron chi connectivity index (χ0n) is 15.5. The second-order valence-corrected chi connectivity index (χ2v) is 6.78. The number of fused-ring (bicyclic) bond motifs is 2. The molecule has 0 saturated carbocycles. The lowest BCUT2D eigenvalue weighted by molar-refractivity contribution is 0.0954. The van der Waals surface area contributed by atoms with Crippen LogP contribution in [-0.4, -0.2) is 18.4 Å². The van der Waals surface area contributed by atoms with Gasteiger partial charge in [0.05, 0.1) is 5.71 Å². The van der Waals surface area contributed by atoms with Gasteiger partial charge in [0.15, 0.2) is 11.5 Å². The Kier molecular flexibility index (Phi) is 4.37. The fraction of sp³-hybridized carbons (Fsp3) is 0.130. The van der Waals surface area contributed by atoms with Crippen molar-refractivity contribution in [1.29, 1.82) is 0 Å². The minimum atomic E-state index is -0.309. The maximum absolute atomic E-state index is 12.6.